The summed E-state index contributed by atoms with van der Waals surface area (Å²) in [6.45, 7) is 8.84. The van der Waals surface area contributed by atoms with Gasteiger partial charge in [-0.25, -0.2) is 0 Å². The predicted octanol–water partition coefficient (Wildman–Crippen LogP) is 7.35. The van der Waals surface area contributed by atoms with Gasteiger partial charge in [0.05, 0.1) is 5.92 Å². The van der Waals surface area contributed by atoms with Crippen molar-refractivity contribution < 1.29 is 0 Å². The van der Waals surface area contributed by atoms with Crippen molar-refractivity contribution in [3.05, 3.63) is 56.5 Å². The molecule has 0 aliphatic carbocycles. The van der Waals surface area contributed by atoms with Crippen molar-refractivity contribution in [1.82, 2.24) is 0 Å². The first-order valence-electron chi connectivity index (χ1n) is 8.74. The summed E-state index contributed by atoms with van der Waals surface area (Å²) in [4.78, 5) is 0. The van der Waals surface area contributed by atoms with Crippen LogP contribution in [0.5, 0.6) is 0 Å². The Labute approximate surface area is 171 Å². The Balaban J connectivity index is 3.13. The Morgan fingerprint density at radius 3 is 1.64 bits per heavy atom. The Morgan fingerprint density at radius 2 is 1.24 bits per heavy atom. The fourth-order valence-corrected chi connectivity index (χ4v) is 6.15. The Kier molecular flexibility index (Phi) is 13.4. The van der Waals surface area contributed by atoms with Crippen LogP contribution in [0.2, 0.25) is 0 Å². The maximum absolute atomic E-state index is 3.47. The van der Waals surface area contributed by atoms with E-state index >= 15 is 0 Å². The summed E-state index contributed by atoms with van der Waals surface area (Å²) in [5.41, 5.74) is 1.08. The monoisotopic (exact) mass is 408 g/mol. The fraction of sp³-hybridized carbons (Fsp3) is 0.429. The average molecular weight is 409 g/mol. The van der Waals surface area contributed by atoms with Gasteiger partial charge in [0.1, 0.15) is 0 Å². The van der Waals surface area contributed by atoms with Gasteiger partial charge in [0.25, 0.3) is 0 Å². The molecule has 0 saturated carbocycles. The third kappa shape index (κ3) is 10.4. The molecule has 0 aliphatic rings. The average Bonchev–Trinajstić information content (AvgIpc) is 2.61. The van der Waals surface area contributed by atoms with Gasteiger partial charge in [-0.15, -0.1) is 47.0 Å². The first-order valence-corrected chi connectivity index (χ1v) is 12.7. The number of allylic oxidation sites excluding steroid dienone is 2. The van der Waals surface area contributed by atoms with Crippen LogP contribution in [-0.2, 0) is 0 Å². The van der Waals surface area contributed by atoms with Gasteiger partial charge in [-0.3, -0.25) is 0 Å². The maximum atomic E-state index is 3.47. The standard InChI is InChI=1S/C21H28S4/c1-5-22-20(23-6-2)16-19(17-21(24-7-3)25-8-4)15-14-18-12-10-9-11-13-18/h9-13,16-17,19H,5-8H2,1-4H3. The second kappa shape index (κ2) is 14.8. The second-order valence-corrected chi connectivity index (χ2v) is 10.6. The molecule has 25 heavy (non-hydrogen) atoms. The lowest BCUT2D eigenvalue weighted by Crippen LogP contribution is -1.92. The summed E-state index contributed by atoms with van der Waals surface area (Å²) < 4.78 is 2.77. The normalized spacial score (nSPS) is 10.1. The second-order valence-electron chi connectivity index (χ2n) is 4.86. The minimum absolute atomic E-state index is 0.154. The summed E-state index contributed by atoms with van der Waals surface area (Å²) in [6, 6.07) is 10.3. The van der Waals surface area contributed by atoms with E-state index < -0.39 is 0 Å². The van der Waals surface area contributed by atoms with Crippen molar-refractivity contribution in [2.45, 2.75) is 27.7 Å². The SMILES string of the molecule is CCSC(=CC(C#Cc1ccccc1)C=C(SCC)SCC)SCC. The van der Waals surface area contributed by atoms with Crippen LogP contribution in [0.25, 0.3) is 0 Å². The summed E-state index contributed by atoms with van der Waals surface area (Å²) in [7, 11) is 0. The first-order chi connectivity index (χ1) is 12.2. The Morgan fingerprint density at radius 1 is 0.800 bits per heavy atom. The third-order valence-corrected chi connectivity index (χ3v) is 7.19. The van der Waals surface area contributed by atoms with Crippen LogP contribution >= 0.6 is 47.0 Å². The first kappa shape index (κ1) is 22.7. The molecule has 1 aromatic carbocycles. The van der Waals surface area contributed by atoms with E-state index in [0.717, 1.165) is 28.6 Å². The molecule has 0 heterocycles. The van der Waals surface area contributed by atoms with Gasteiger partial charge in [-0.2, -0.15) is 0 Å². The van der Waals surface area contributed by atoms with E-state index in [-0.39, 0.29) is 5.92 Å². The van der Waals surface area contributed by atoms with Gasteiger partial charge < -0.3 is 0 Å². The van der Waals surface area contributed by atoms with Gasteiger partial charge in [0, 0.05) is 14.0 Å². The van der Waals surface area contributed by atoms with Crippen molar-refractivity contribution in [1.29, 1.82) is 0 Å². The Hall–Kier alpha value is -0.340. The molecule has 1 aromatic rings. The van der Waals surface area contributed by atoms with E-state index in [9.17, 15) is 0 Å². The van der Waals surface area contributed by atoms with Crippen LogP contribution < -0.4 is 0 Å². The highest BCUT2D eigenvalue weighted by Crippen LogP contribution is 2.33. The Bertz CT molecular complexity index is 551. The third-order valence-electron chi connectivity index (χ3n) is 2.93. The van der Waals surface area contributed by atoms with E-state index in [4.69, 9.17) is 0 Å². The molecule has 0 fully saturated rings. The van der Waals surface area contributed by atoms with Crippen LogP contribution in [0.15, 0.2) is 51.0 Å². The van der Waals surface area contributed by atoms with Crippen molar-refractivity contribution in [2.75, 3.05) is 23.0 Å². The van der Waals surface area contributed by atoms with E-state index in [1.165, 1.54) is 8.47 Å². The fourth-order valence-electron chi connectivity index (χ4n) is 1.96. The van der Waals surface area contributed by atoms with Gasteiger partial charge in [0.2, 0.25) is 0 Å². The molecule has 4 heteroatoms. The van der Waals surface area contributed by atoms with Crippen LogP contribution in [0.1, 0.15) is 33.3 Å². The maximum Gasteiger partial charge on any atom is 0.0604 e. The molecular formula is C21H28S4. The molecule has 0 bridgehead atoms. The largest absolute Gasteiger partial charge is 0.120 e. The molecule has 0 saturated heterocycles. The molecule has 0 nitrogen and oxygen atoms in total. The molecule has 0 atom stereocenters. The van der Waals surface area contributed by atoms with Crippen LogP contribution in [0, 0.1) is 17.8 Å². The number of rotatable bonds is 10. The van der Waals surface area contributed by atoms with Gasteiger partial charge >= 0.3 is 0 Å². The molecule has 0 aliphatic heterocycles. The van der Waals surface area contributed by atoms with Gasteiger partial charge in [-0.1, -0.05) is 57.7 Å². The quantitative estimate of drug-likeness (QED) is 0.371. The smallest absolute Gasteiger partial charge is 0.0604 e. The van der Waals surface area contributed by atoms with Crippen molar-refractivity contribution in [2.24, 2.45) is 5.92 Å². The van der Waals surface area contributed by atoms with E-state index in [2.05, 4.69) is 63.8 Å². The topological polar surface area (TPSA) is 0 Å². The van der Waals surface area contributed by atoms with E-state index in [1.807, 2.05) is 65.2 Å². The summed E-state index contributed by atoms with van der Waals surface area (Å²) in [6.07, 6.45) is 4.68. The highest BCUT2D eigenvalue weighted by atomic mass is 32.2. The van der Waals surface area contributed by atoms with Gasteiger partial charge in [0.15, 0.2) is 0 Å². The van der Waals surface area contributed by atoms with Crippen LogP contribution in [0.4, 0.5) is 0 Å². The molecule has 0 N–H and O–H groups in total. The number of hydrogen-bond acceptors (Lipinski definition) is 4. The number of thioether (sulfide) groups is 4. The highest BCUT2D eigenvalue weighted by Gasteiger charge is 2.06. The molecule has 0 spiro atoms. The molecule has 1 rings (SSSR count). The number of benzene rings is 1. The lowest BCUT2D eigenvalue weighted by atomic mass is 10.1. The zero-order valence-electron chi connectivity index (χ0n) is 15.6. The van der Waals surface area contributed by atoms with Crippen molar-refractivity contribution >= 4 is 47.0 Å². The molecule has 0 aromatic heterocycles. The minimum atomic E-state index is 0.154. The lowest BCUT2D eigenvalue weighted by molar-refractivity contribution is 1.12. The van der Waals surface area contributed by atoms with Crippen molar-refractivity contribution in [3.63, 3.8) is 0 Å². The lowest BCUT2D eigenvalue weighted by Gasteiger charge is -2.09. The molecular weight excluding hydrogens is 380 g/mol. The van der Waals surface area contributed by atoms with E-state index in [1.54, 1.807) is 0 Å². The predicted molar refractivity (Wildman–Crippen MR) is 126 cm³/mol. The summed E-state index contributed by atoms with van der Waals surface area (Å²) in [5.74, 6) is 11.4. The van der Waals surface area contributed by atoms with E-state index in [0.29, 0.717) is 0 Å². The molecule has 136 valence electrons. The minimum Gasteiger partial charge on any atom is -0.120 e. The molecule has 0 amide bonds. The van der Waals surface area contributed by atoms with Gasteiger partial charge in [-0.05, 0) is 47.3 Å². The highest BCUT2D eigenvalue weighted by molar-refractivity contribution is 8.22. The number of hydrogen-bond donors (Lipinski definition) is 0. The van der Waals surface area contributed by atoms with Crippen LogP contribution in [0.3, 0.4) is 0 Å². The van der Waals surface area contributed by atoms with Crippen LogP contribution in [-0.4, -0.2) is 23.0 Å². The zero-order chi connectivity index (χ0) is 18.3. The zero-order valence-corrected chi connectivity index (χ0v) is 18.8. The molecule has 0 radical (unpaired) electrons. The summed E-state index contributed by atoms with van der Waals surface area (Å²) >= 11 is 7.67. The molecule has 0 unspecified atom stereocenters. The summed E-state index contributed by atoms with van der Waals surface area (Å²) in [5, 5.41) is 0. The van der Waals surface area contributed by atoms with Crippen molar-refractivity contribution in [3.8, 4) is 11.8 Å².